The Hall–Kier alpha value is -3.85. The molecule has 6 heteroatoms. The van der Waals surface area contributed by atoms with Crippen LogP contribution in [0.5, 0.6) is 5.75 Å². The smallest absolute Gasteiger partial charge is 0.137 e. The molecule has 4 rings (SSSR count). The molecular formula is C21H17N5O. The van der Waals surface area contributed by atoms with Gasteiger partial charge < -0.3 is 10.5 Å². The van der Waals surface area contributed by atoms with Gasteiger partial charge in [-0.15, -0.1) is 0 Å². The highest BCUT2D eigenvalue weighted by atomic mass is 16.5. The largest absolute Gasteiger partial charge is 0.495 e. The van der Waals surface area contributed by atoms with E-state index < -0.39 is 0 Å². The Morgan fingerprint density at radius 1 is 1.11 bits per heavy atom. The van der Waals surface area contributed by atoms with E-state index >= 15 is 0 Å². The number of hydrogen-bond donors (Lipinski definition) is 1. The second-order valence-corrected chi connectivity index (χ2v) is 6.17. The van der Waals surface area contributed by atoms with Gasteiger partial charge >= 0.3 is 0 Å². The second kappa shape index (κ2) is 6.46. The molecule has 0 unspecified atom stereocenters. The molecule has 2 aromatic carbocycles. The van der Waals surface area contributed by atoms with E-state index in [0.717, 1.165) is 33.3 Å². The molecule has 6 nitrogen and oxygen atoms in total. The summed E-state index contributed by atoms with van der Waals surface area (Å²) in [7, 11) is 3.42. The molecule has 0 radical (unpaired) electrons. The standard InChI is InChI=1S/C21H17N5O/c1-26-21(15-4-3-5-19(27-2)16(15)11-22)17(12-24-26)14-7-6-13-8-9-20(23)25-18(13)10-14/h3-10,12H,1-2H3,(H2,23,25). The van der Waals surface area contributed by atoms with Crippen molar-refractivity contribution in [3.8, 4) is 34.2 Å². The Morgan fingerprint density at radius 2 is 1.93 bits per heavy atom. The predicted molar refractivity (Wildman–Crippen MR) is 105 cm³/mol. The molecule has 2 aromatic heterocycles. The van der Waals surface area contributed by atoms with Crippen molar-refractivity contribution in [2.45, 2.75) is 0 Å². The second-order valence-electron chi connectivity index (χ2n) is 6.17. The first kappa shape index (κ1) is 16.6. The number of anilines is 1. The Labute approximate surface area is 156 Å². The van der Waals surface area contributed by atoms with Crippen LogP contribution in [0.3, 0.4) is 0 Å². The number of hydrogen-bond acceptors (Lipinski definition) is 5. The summed E-state index contributed by atoms with van der Waals surface area (Å²) in [4.78, 5) is 4.41. The van der Waals surface area contributed by atoms with E-state index in [2.05, 4.69) is 16.2 Å². The summed E-state index contributed by atoms with van der Waals surface area (Å²) in [5.74, 6) is 1.01. The van der Waals surface area contributed by atoms with Crippen LogP contribution >= 0.6 is 0 Å². The highest BCUT2D eigenvalue weighted by Crippen LogP contribution is 2.37. The molecule has 2 heterocycles. The molecular weight excluding hydrogens is 338 g/mol. The monoisotopic (exact) mass is 355 g/mol. The first-order valence-corrected chi connectivity index (χ1v) is 8.38. The molecule has 132 valence electrons. The third-order valence-corrected chi connectivity index (χ3v) is 4.58. The van der Waals surface area contributed by atoms with Gasteiger partial charge in [0.05, 0.1) is 24.5 Å². The van der Waals surface area contributed by atoms with E-state index in [1.54, 1.807) is 30.1 Å². The Kier molecular flexibility index (Phi) is 3.98. The number of aryl methyl sites for hydroxylation is 1. The van der Waals surface area contributed by atoms with Gasteiger partial charge in [0.15, 0.2) is 0 Å². The summed E-state index contributed by atoms with van der Waals surface area (Å²) >= 11 is 0. The molecule has 0 saturated heterocycles. The van der Waals surface area contributed by atoms with Crippen LogP contribution in [-0.2, 0) is 7.05 Å². The quantitative estimate of drug-likeness (QED) is 0.604. The summed E-state index contributed by atoms with van der Waals surface area (Å²) < 4.78 is 7.12. The molecule has 0 bridgehead atoms. The molecule has 27 heavy (non-hydrogen) atoms. The third-order valence-electron chi connectivity index (χ3n) is 4.58. The molecule has 0 fully saturated rings. The van der Waals surface area contributed by atoms with Crippen LogP contribution < -0.4 is 10.5 Å². The van der Waals surface area contributed by atoms with Gasteiger partial charge in [-0.2, -0.15) is 10.4 Å². The SMILES string of the molecule is COc1cccc(-c2c(-c3ccc4ccc(N)nc4c3)cnn2C)c1C#N. The van der Waals surface area contributed by atoms with E-state index in [1.807, 2.05) is 43.4 Å². The maximum atomic E-state index is 9.67. The minimum atomic E-state index is 0.477. The van der Waals surface area contributed by atoms with Gasteiger partial charge in [0.25, 0.3) is 0 Å². The fraction of sp³-hybridized carbons (Fsp3) is 0.0952. The van der Waals surface area contributed by atoms with Crippen molar-refractivity contribution in [1.29, 1.82) is 5.26 Å². The maximum Gasteiger partial charge on any atom is 0.137 e. The van der Waals surface area contributed by atoms with Gasteiger partial charge in [-0.1, -0.05) is 24.3 Å². The van der Waals surface area contributed by atoms with Gasteiger partial charge in [-0.3, -0.25) is 4.68 Å². The van der Waals surface area contributed by atoms with Crippen molar-refractivity contribution in [2.24, 2.45) is 7.05 Å². The minimum Gasteiger partial charge on any atom is -0.495 e. The molecule has 0 atom stereocenters. The summed E-state index contributed by atoms with van der Waals surface area (Å²) in [6.07, 6.45) is 1.80. The molecule has 0 amide bonds. The topological polar surface area (TPSA) is 89.8 Å². The zero-order valence-electron chi connectivity index (χ0n) is 15.0. The van der Waals surface area contributed by atoms with Crippen molar-refractivity contribution < 1.29 is 4.74 Å². The number of rotatable bonds is 3. The Balaban J connectivity index is 1.95. The average molecular weight is 355 g/mol. The first-order valence-electron chi connectivity index (χ1n) is 8.38. The summed E-state index contributed by atoms with van der Waals surface area (Å²) in [6, 6.07) is 17.5. The van der Waals surface area contributed by atoms with Crippen molar-refractivity contribution in [3.63, 3.8) is 0 Å². The maximum absolute atomic E-state index is 9.67. The van der Waals surface area contributed by atoms with Gasteiger partial charge in [0, 0.05) is 23.6 Å². The zero-order chi connectivity index (χ0) is 19.0. The predicted octanol–water partition coefficient (Wildman–Crippen LogP) is 3.76. The summed E-state index contributed by atoms with van der Waals surface area (Å²) in [5, 5.41) is 15.1. The number of ether oxygens (including phenoxy) is 1. The molecule has 4 aromatic rings. The average Bonchev–Trinajstić information content (AvgIpc) is 3.07. The van der Waals surface area contributed by atoms with Crippen LogP contribution in [0.15, 0.2) is 54.7 Å². The number of nitrogen functional groups attached to an aromatic ring is 1. The van der Waals surface area contributed by atoms with Gasteiger partial charge in [0.1, 0.15) is 23.2 Å². The molecule has 2 N–H and O–H groups in total. The van der Waals surface area contributed by atoms with E-state index in [9.17, 15) is 5.26 Å². The van der Waals surface area contributed by atoms with Crippen LogP contribution in [0.4, 0.5) is 5.82 Å². The number of benzene rings is 2. The number of fused-ring (bicyclic) bond motifs is 1. The first-order chi connectivity index (χ1) is 13.1. The van der Waals surface area contributed by atoms with Crippen molar-refractivity contribution >= 4 is 16.7 Å². The van der Waals surface area contributed by atoms with E-state index in [1.165, 1.54) is 0 Å². The van der Waals surface area contributed by atoms with Gasteiger partial charge in [-0.05, 0) is 29.8 Å². The fourth-order valence-electron chi connectivity index (χ4n) is 3.28. The number of aromatic nitrogens is 3. The van der Waals surface area contributed by atoms with Crippen LogP contribution in [0.1, 0.15) is 5.56 Å². The van der Waals surface area contributed by atoms with E-state index in [4.69, 9.17) is 10.5 Å². The summed E-state index contributed by atoms with van der Waals surface area (Å²) in [6.45, 7) is 0. The Morgan fingerprint density at radius 3 is 2.70 bits per heavy atom. The number of nitrogens with zero attached hydrogens (tertiary/aromatic N) is 4. The molecule has 0 saturated carbocycles. The highest BCUT2D eigenvalue weighted by molar-refractivity contribution is 5.90. The van der Waals surface area contributed by atoms with Crippen molar-refractivity contribution in [2.75, 3.05) is 12.8 Å². The normalized spacial score (nSPS) is 10.7. The minimum absolute atomic E-state index is 0.477. The van der Waals surface area contributed by atoms with Crippen LogP contribution in [-0.4, -0.2) is 21.9 Å². The Bertz CT molecular complexity index is 1200. The number of methoxy groups -OCH3 is 1. The van der Waals surface area contributed by atoms with E-state index in [-0.39, 0.29) is 0 Å². The van der Waals surface area contributed by atoms with Gasteiger partial charge in [-0.25, -0.2) is 4.98 Å². The lowest BCUT2D eigenvalue weighted by Crippen LogP contribution is -1.98. The van der Waals surface area contributed by atoms with Crippen molar-refractivity contribution in [3.05, 3.63) is 60.3 Å². The molecule has 0 aliphatic carbocycles. The fourth-order valence-corrected chi connectivity index (χ4v) is 3.28. The van der Waals surface area contributed by atoms with Crippen LogP contribution in [0, 0.1) is 11.3 Å². The van der Waals surface area contributed by atoms with Crippen LogP contribution in [0.25, 0.3) is 33.3 Å². The number of pyridine rings is 1. The lowest BCUT2D eigenvalue weighted by molar-refractivity contribution is 0.413. The molecule has 0 aliphatic rings. The van der Waals surface area contributed by atoms with Crippen LogP contribution in [0.2, 0.25) is 0 Å². The molecule has 0 aliphatic heterocycles. The highest BCUT2D eigenvalue weighted by Gasteiger charge is 2.19. The lowest BCUT2D eigenvalue weighted by atomic mass is 9.97. The third kappa shape index (κ3) is 2.75. The lowest BCUT2D eigenvalue weighted by Gasteiger charge is -2.11. The van der Waals surface area contributed by atoms with E-state index in [0.29, 0.717) is 17.1 Å². The summed E-state index contributed by atoms with van der Waals surface area (Å²) in [5.41, 5.74) is 10.6. The van der Waals surface area contributed by atoms with Gasteiger partial charge in [0.2, 0.25) is 0 Å². The number of nitrogens with two attached hydrogens (primary N) is 1. The van der Waals surface area contributed by atoms with Crippen molar-refractivity contribution in [1.82, 2.24) is 14.8 Å². The number of nitriles is 1. The zero-order valence-corrected chi connectivity index (χ0v) is 15.0. The molecule has 0 spiro atoms.